The first kappa shape index (κ1) is 18.8. The molecule has 8 nitrogen and oxygen atoms in total. The zero-order chi connectivity index (χ0) is 20.5. The van der Waals surface area contributed by atoms with Gasteiger partial charge >= 0.3 is 0 Å². The summed E-state index contributed by atoms with van der Waals surface area (Å²) < 4.78 is 17.5. The molecule has 0 fully saturated rings. The van der Waals surface area contributed by atoms with Crippen LogP contribution >= 0.6 is 0 Å². The fraction of sp³-hybridized carbons (Fsp3) is 0.286. The van der Waals surface area contributed by atoms with Gasteiger partial charge in [0.2, 0.25) is 0 Å². The minimum atomic E-state index is -0.222. The Morgan fingerprint density at radius 1 is 1.10 bits per heavy atom. The van der Waals surface area contributed by atoms with E-state index in [9.17, 15) is 4.79 Å². The normalized spacial score (nSPS) is 11.2. The zero-order valence-corrected chi connectivity index (χ0v) is 16.8. The maximum absolute atomic E-state index is 12.7. The Hall–Kier alpha value is -3.55. The third-order valence-corrected chi connectivity index (χ3v) is 4.79. The molecule has 0 aliphatic rings. The molecule has 0 saturated heterocycles. The predicted octanol–water partition coefficient (Wildman–Crippen LogP) is 3.62. The van der Waals surface area contributed by atoms with E-state index in [0.29, 0.717) is 28.5 Å². The van der Waals surface area contributed by atoms with Crippen molar-refractivity contribution in [3.05, 3.63) is 52.1 Å². The molecule has 29 heavy (non-hydrogen) atoms. The SMILES string of the molecule is CCCc1cc(-c2cc(=O)n3[nH]c(C)c(-c4ccc(OC)c(OC)c4)c3n2)no1. The van der Waals surface area contributed by atoms with Crippen molar-refractivity contribution < 1.29 is 14.0 Å². The third kappa shape index (κ3) is 3.26. The van der Waals surface area contributed by atoms with Gasteiger partial charge < -0.3 is 14.0 Å². The molecular formula is C21H22N4O4. The molecule has 150 valence electrons. The van der Waals surface area contributed by atoms with Crippen molar-refractivity contribution in [2.75, 3.05) is 14.2 Å². The summed E-state index contributed by atoms with van der Waals surface area (Å²) in [5, 5.41) is 7.17. The first-order chi connectivity index (χ1) is 14.0. The van der Waals surface area contributed by atoms with Gasteiger partial charge in [0.1, 0.15) is 17.1 Å². The number of hydrogen-bond donors (Lipinski definition) is 1. The van der Waals surface area contributed by atoms with Gasteiger partial charge in [-0.05, 0) is 31.0 Å². The number of hydrogen-bond acceptors (Lipinski definition) is 6. The lowest BCUT2D eigenvalue weighted by molar-refractivity contribution is 0.355. The van der Waals surface area contributed by atoms with Crippen LogP contribution in [-0.4, -0.2) is 34.0 Å². The number of nitrogens with one attached hydrogen (secondary N) is 1. The van der Waals surface area contributed by atoms with Crippen LogP contribution in [0.1, 0.15) is 24.8 Å². The Bertz CT molecular complexity index is 1240. The molecule has 0 saturated carbocycles. The van der Waals surface area contributed by atoms with E-state index >= 15 is 0 Å². The second-order valence-corrected chi connectivity index (χ2v) is 6.75. The molecule has 4 aromatic rings. The summed E-state index contributed by atoms with van der Waals surface area (Å²) in [6, 6.07) is 8.88. The Kier molecular flexibility index (Phi) is 4.84. The molecule has 4 rings (SSSR count). The lowest BCUT2D eigenvalue weighted by Gasteiger charge is -2.09. The van der Waals surface area contributed by atoms with E-state index in [2.05, 4.69) is 17.2 Å². The minimum Gasteiger partial charge on any atom is -0.493 e. The van der Waals surface area contributed by atoms with Gasteiger partial charge in [0.25, 0.3) is 5.56 Å². The van der Waals surface area contributed by atoms with Crippen LogP contribution in [0.5, 0.6) is 11.5 Å². The molecule has 0 bridgehead atoms. The van der Waals surface area contributed by atoms with E-state index in [1.54, 1.807) is 14.2 Å². The van der Waals surface area contributed by atoms with Crippen LogP contribution in [0.2, 0.25) is 0 Å². The van der Waals surface area contributed by atoms with Crippen LogP contribution in [0.4, 0.5) is 0 Å². The summed E-state index contributed by atoms with van der Waals surface area (Å²) in [5.74, 6) is 2.00. The van der Waals surface area contributed by atoms with Gasteiger partial charge in [0.15, 0.2) is 17.1 Å². The van der Waals surface area contributed by atoms with Crippen molar-refractivity contribution in [2.24, 2.45) is 0 Å². The Labute approximate surface area is 167 Å². The molecule has 0 aliphatic heterocycles. The number of aromatic amines is 1. The quantitative estimate of drug-likeness (QED) is 0.537. The molecule has 8 heteroatoms. The van der Waals surface area contributed by atoms with E-state index in [1.807, 2.05) is 31.2 Å². The second kappa shape index (κ2) is 7.46. The number of ether oxygens (including phenoxy) is 2. The smallest absolute Gasteiger partial charge is 0.273 e. The van der Waals surface area contributed by atoms with Crippen LogP contribution in [0.3, 0.4) is 0 Å². The fourth-order valence-corrected chi connectivity index (χ4v) is 3.42. The number of fused-ring (bicyclic) bond motifs is 1. The molecule has 0 radical (unpaired) electrons. The van der Waals surface area contributed by atoms with Crippen molar-refractivity contribution >= 4 is 5.65 Å². The number of aromatic nitrogens is 4. The monoisotopic (exact) mass is 394 g/mol. The predicted molar refractivity (Wildman–Crippen MR) is 109 cm³/mol. The summed E-state index contributed by atoms with van der Waals surface area (Å²) in [7, 11) is 3.18. The third-order valence-electron chi connectivity index (χ3n) is 4.79. The lowest BCUT2D eigenvalue weighted by Crippen LogP contribution is -2.14. The van der Waals surface area contributed by atoms with Gasteiger partial charge in [0.05, 0.1) is 14.2 Å². The van der Waals surface area contributed by atoms with E-state index in [4.69, 9.17) is 19.0 Å². The molecule has 3 heterocycles. The molecule has 0 aliphatic carbocycles. The molecule has 3 aromatic heterocycles. The lowest BCUT2D eigenvalue weighted by atomic mass is 10.1. The summed E-state index contributed by atoms with van der Waals surface area (Å²) in [6.45, 7) is 3.96. The van der Waals surface area contributed by atoms with E-state index in [1.165, 1.54) is 10.6 Å². The molecule has 0 amide bonds. The Morgan fingerprint density at radius 2 is 1.90 bits per heavy atom. The summed E-state index contributed by atoms with van der Waals surface area (Å²) in [5.41, 5.74) is 3.78. The number of benzene rings is 1. The largest absolute Gasteiger partial charge is 0.493 e. The van der Waals surface area contributed by atoms with E-state index in [0.717, 1.165) is 35.4 Å². The average molecular weight is 394 g/mol. The molecule has 1 N–H and O–H groups in total. The topological polar surface area (TPSA) is 94.7 Å². The van der Waals surface area contributed by atoms with Crippen molar-refractivity contribution in [2.45, 2.75) is 26.7 Å². The Morgan fingerprint density at radius 3 is 2.62 bits per heavy atom. The molecule has 0 spiro atoms. The van der Waals surface area contributed by atoms with Crippen molar-refractivity contribution in [3.8, 4) is 34.0 Å². The summed E-state index contributed by atoms with van der Waals surface area (Å²) >= 11 is 0. The van der Waals surface area contributed by atoms with Crippen LogP contribution in [0.15, 0.2) is 39.6 Å². The molecule has 0 atom stereocenters. The first-order valence-electron chi connectivity index (χ1n) is 9.36. The van der Waals surface area contributed by atoms with Crippen LogP contribution < -0.4 is 15.0 Å². The van der Waals surface area contributed by atoms with Crippen LogP contribution in [-0.2, 0) is 6.42 Å². The number of aryl methyl sites for hydroxylation is 2. The first-order valence-corrected chi connectivity index (χ1v) is 9.36. The van der Waals surface area contributed by atoms with Crippen molar-refractivity contribution in [1.29, 1.82) is 0 Å². The van der Waals surface area contributed by atoms with Gasteiger partial charge in [-0.3, -0.25) is 9.89 Å². The minimum absolute atomic E-state index is 0.222. The number of H-pyrrole nitrogens is 1. The highest BCUT2D eigenvalue weighted by Gasteiger charge is 2.18. The number of methoxy groups -OCH3 is 2. The van der Waals surface area contributed by atoms with Gasteiger partial charge in [-0.15, -0.1) is 0 Å². The van der Waals surface area contributed by atoms with E-state index < -0.39 is 0 Å². The molecular weight excluding hydrogens is 372 g/mol. The van der Waals surface area contributed by atoms with Crippen LogP contribution in [0.25, 0.3) is 28.2 Å². The summed E-state index contributed by atoms with van der Waals surface area (Å²) in [6.07, 6.45) is 1.73. The molecule has 0 unspecified atom stereocenters. The maximum Gasteiger partial charge on any atom is 0.273 e. The number of rotatable bonds is 6. The maximum atomic E-state index is 12.7. The van der Waals surface area contributed by atoms with E-state index in [-0.39, 0.29) is 5.56 Å². The standard InChI is InChI=1S/C21H22N4O4/c1-5-6-14-10-16(24-29-14)15-11-19(26)25-21(22-15)20(12(2)23-25)13-7-8-17(27-3)18(9-13)28-4/h7-11,23H,5-6H2,1-4H3. The van der Waals surface area contributed by atoms with Gasteiger partial charge in [-0.1, -0.05) is 18.1 Å². The highest BCUT2D eigenvalue weighted by Crippen LogP contribution is 2.35. The summed E-state index contributed by atoms with van der Waals surface area (Å²) in [4.78, 5) is 17.4. The van der Waals surface area contributed by atoms with Gasteiger partial charge in [0, 0.05) is 29.8 Å². The second-order valence-electron chi connectivity index (χ2n) is 6.75. The zero-order valence-electron chi connectivity index (χ0n) is 16.8. The number of nitrogens with zero attached hydrogens (tertiary/aromatic N) is 3. The highest BCUT2D eigenvalue weighted by molar-refractivity contribution is 5.82. The van der Waals surface area contributed by atoms with Crippen molar-refractivity contribution in [1.82, 2.24) is 19.8 Å². The van der Waals surface area contributed by atoms with Gasteiger partial charge in [-0.2, -0.15) is 0 Å². The highest BCUT2D eigenvalue weighted by atomic mass is 16.5. The van der Waals surface area contributed by atoms with Crippen LogP contribution in [0, 0.1) is 6.92 Å². The average Bonchev–Trinajstić information content (AvgIpc) is 3.32. The van der Waals surface area contributed by atoms with Crippen molar-refractivity contribution in [3.63, 3.8) is 0 Å². The molecule has 1 aromatic carbocycles. The Balaban J connectivity index is 1.90. The fourth-order valence-electron chi connectivity index (χ4n) is 3.42. The van der Waals surface area contributed by atoms with Gasteiger partial charge in [-0.25, -0.2) is 9.50 Å².